The number of fused-ring (bicyclic) bond motifs is 1. The number of rotatable bonds is 2. The minimum absolute atomic E-state index is 0.0987. The van der Waals surface area contributed by atoms with E-state index in [0.29, 0.717) is 16.5 Å². The van der Waals surface area contributed by atoms with Crippen molar-refractivity contribution >= 4 is 26.8 Å². The molecule has 0 fully saturated rings. The van der Waals surface area contributed by atoms with Gasteiger partial charge in [0.2, 0.25) is 0 Å². The van der Waals surface area contributed by atoms with E-state index in [4.69, 9.17) is 4.42 Å². The SMILES string of the molecule is O=c1oc(=O)n(Cc2cccc(F)c2Br)c2ccccc12. The predicted molar refractivity (Wildman–Crippen MR) is 79.9 cm³/mol. The molecule has 1 aromatic heterocycles. The lowest BCUT2D eigenvalue weighted by Crippen LogP contribution is -2.25. The second kappa shape index (κ2) is 5.29. The van der Waals surface area contributed by atoms with Crippen LogP contribution in [0.1, 0.15) is 5.56 Å². The molecule has 1 heterocycles. The first-order chi connectivity index (χ1) is 10.1. The molecule has 21 heavy (non-hydrogen) atoms. The highest BCUT2D eigenvalue weighted by Gasteiger charge is 2.12. The van der Waals surface area contributed by atoms with Gasteiger partial charge in [0.25, 0.3) is 0 Å². The molecule has 6 heteroatoms. The zero-order valence-corrected chi connectivity index (χ0v) is 12.3. The molecular weight excluding hydrogens is 341 g/mol. The Morgan fingerprint density at radius 2 is 1.86 bits per heavy atom. The molecule has 106 valence electrons. The summed E-state index contributed by atoms with van der Waals surface area (Å²) in [7, 11) is 0. The van der Waals surface area contributed by atoms with Crippen molar-refractivity contribution in [2.45, 2.75) is 6.54 Å². The van der Waals surface area contributed by atoms with Gasteiger partial charge in [-0.05, 0) is 39.7 Å². The van der Waals surface area contributed by atoms with Gasteiger partial charge in [0, 0.05) is 0 Å². The minimum atomic E-state index is -0.769. The number of benzene rings is 2. The zero-order valence-electron chi connectivity index (χ0n) is 10.7. The summed E-state index contributed by atoms with van der Waals surface area (Å²) in [5.41, 5.74) is 0.358. The first kappa shape index (κ1) is 13.8. The maximum absolute atomic E-state index is 13.6. The van der Waals surface area contributed by atoms with E-state index in [9.17, 15) is 14.0 Å². The molecule has 0 amide bonds. The highest BCUT2D eigenvalue weighted by atomic mass is 79.9. The van der Waals surface area contributed by atoms with Crippen molar-refractivity contribution in [3.8, 4) is 0 Å². The summed E-state index contributed by atoms with van der Waals surface area (Å²) in [5, 5.41) is 0.310. The molecule has 0 radical (unpaired) electrons. The van der Waals surface area contributed by atoms with Crippen LogP contribution in [0.2, 0.25) is 0 Å². The fraction of sp³-hybridized carbons (Fsp3) is 0.0667. The van der Waals surface area contributed by atoms with Crippen molar-refractivity contribution in [3.05, 3.63) is 79.3 Å². The number of halogens is 2. The van der Waals surface area contributed by atoms with Crippen molar-refractivity contribution in [1.29, 1.82) is 0 Å². The Labute approximate surface area is 126 Å². The Morgan fingerprint density at radius 3 is 2.67 bits per heavy atom. The molecule has 0 unspecified atom stereocenters. The molecule has 3 rings (SSSR count). The summed E-state index contributed by atoms with van der Waals surface area (Å²) < 4.78 is 19.8. The van der Waals surface area contributed by atoms with Crippen molar-refractivity contribution in [1.82, 2.24) is 4.57 Å². The molecule has 0 aliphatic carbocycles. The van der Waals surface area contributed by atoms with Crippen LogP contribution in [0.25, 0.3) is 10.9 Å². The lowest BCUT2D eigenvalue weighted by molar-refractivity contribution is 0.424. The number of aromatic nitrogens is 1. The predicted octanol–water partition coefficient (Wildman–Crippen LogP) is 2.90. The van der Waals surface area contributed by atoms with Gasteiger partial charge in [-0.15, -0.1) is 0 Å². The van der Waals surface area contributed by atoms with E-state index in [2.05, 4.69) is 15.9 Å². The molecule has 0 aliphatic heterocycles. The van der Waals surface area contributed by atoms with Gasteiger partial charge < -0.3 is 4.42 Å². The summed E-state index contributed by atoms with van der Waals surface area (Å²) in [6, 6.07) is 11.2. The second-order valence-corrected chi connectivity index (χ2v) is 5.26. The van der Waals surface area contributed by atoms with Crippen LogP contribution in [0.15, 0.2) is 60.9 Å². The standard InChI is InChI=1S/C15H9BrFNO3/c16-13-9(4-3-6-11(13)17)8-18-12-7-2-1-5-10(12)14(19)21-15(18)20/h1-7H,8H2. The average molecular weight is 350 g/mol. The van der Waals surface area contributed by atoms with E-state index < -0.39 is 17.2 Å². The van der Waals surface area contributed by atoms with Crippen LogP contribution < -0.4 is 11.4 Å². The van der Waals surface area contributed by atoms with Gasteiger partial charge >= 0.3 is 11.4 Å². The van der Waals surface area contributed by atoms with E-state index in [1.807, 2.05) is 0 Å². The highest BCUT2D eigenvalue weighted by Crippen LogP contribution is 2.21. The van der Waals surface area contributed by atoms with Gasteiger partial charge in [-0.3, -0.25) is 4.57 Å². The Morgan fingerprint density at radius 1 is 1.10 bits per heavy atom. The first-order valence-electron chi connectivity index (χ1n) is 6.13. The normalized spacial score (nSPS) is 11.0. The van der Waals surface area contributed by atoms with E-state index >= 15 is 0 Å². The molecule has 0 saturated heterocycles. The molecular formula is C15H9BrFNO3. The van der Waals surface area contributed by atoms with Gasteiger partial charge in [-0.25, -0.2) is 14.0 Å². The molecule has 0 bridgehead atoms. The Bertz CT molecular complexity index is 946. The summed E-state index contributed by atoms with van der Waals surface area (Å²) in [4.78, 5) is 23.6. The van der Waals surface area contributed by atoms with Crippen LogP contribution >= 0.6 is 15.9 Å². The van der Waals surface area contributed by atoms with Crippen LogP contribution in [0.5, 0.6) is 0 Å². The zero-order chi connectivity index (χ0) is 15.0. The Balaban J connectivity index is 2.24. The fourth-order valence-electron chi connectivity index (χ4n) is 2.16. The number of hydrogen-bond acceptors (Lipinski definition) is 3. The van der Waals surface area contributed by atoms with E-state index in [-0.39, 0.29) is 11.0 Å². The molecule has 2 aromatic carbocycles. The highest BCUT2D eigenvalue weighted by molar-refractivity contribution is 9.10. The molecule has 3 aromatic rings. The second-order valence-electron chi connectivity index (χ2n) is 4.47. The third-order valence-corrected chi connectivity index (χ3v) is 4.06. The summed E-state index contributed by atoms with van der Waals surface area (Å²) in [6.45, 7) is 0.0987. The molecule has 0 saturated carbocycles. The Hall–Kier alpha value is -2.21. The molecule has 4 nitrogen and oxygen atoms in total. The van der Waals surface area contributed by atoms with E-state index in [1.54, 1.807) is 36.4 Å². The van der Waals surface area contributed by atoms with E-state index in [0.717, 1.165) is 0 Å². The van der Waals surface area contributed by atoms with Crippen molar-refractivity contribution in [2.75, 3.05) is 0 Å². The quantitative estimate of drug-likeness (QED) is 0.714. The van der Waals surface area contributed by atoms with Gasteiger partial charge in [0.1, 0.15) is 5.82 Å². The minimum Gasteiger partial charge on any atom is -0.372 e. The number of hydrogen-bond donors (Lipinski definition) is 0. The monoisotopic (exact) mass is 349 g/mol. The van der Waals surface area contributed by atoms with Crippen LogP contribution in [0, 0.1) is 5.82 Å². The van der Waals surface area contributed by atoms with Crippen LogP contribution in [-0.4, -0.2) is 4.57 Å². The summed E-state index contributed by atoms with van der Waals surface area (Å²) in [6.07, 6.45) is 0. The number of para-hydroxylation sites is 1. The maximum atomic E-state index is 13.6. The first-order valence-corrected chi connectivity index (χ1v) is 6.93. The summed E-state index contributed by atoms with van der Waals surface area (Å²) >= 11 is 3.16. The van der Waals surface area contributed by atoms with Crippen molar-refractivity contribution < 1.29 is 8.81 Å². The average Bonchev–Trinajstić information content (AvgIpc) is 2.47. The third kappa shape index (κ3) is 2.42. The third-order valence-electron chi connectivity index (χ3n) is 3.18. The molecule has 0 aliphatic rings. The summed E-state index contributed by atoms with van der Waals surface area (Å²) in [5.74, 6) is -1.18. The van der Waals surface area contributed by atoms with Crippen molar-refractivity contribution in [3.63, 3.8) is 0 Å². The fourth-order valence-corrected chi connectivity index (χ4v) is 2.55. The van der Waals surface area contributed by atoms with Gasteiger partial charge in [0.15, 0.2) is 0 Å². The molecule has 0 N–H and O–H groups in total. The lowest BCUT2D eigenvalue weighted by atomic mass is 10.2. The molecule has 0 spiro atoms. The van der Waals surface area contributed by atoms with Crippen LogP contribution in [0.3, 0.4) is 0 Å². The van der Waals surface area contributed by atoms with Crippen LogP contribution in [-0.2, 0) is 6.54 Å². The van der Waals surface area contributed by atoms with Crippen molar-refractivity contribution in [2.24, 2.45) is 0 Å². The largest absolute Gasteiger partial charge is 0.422 e. The van der Waals surface area contributed by atoms with Gasteiger partial charge in [-0.2, -0.15) is 0 Å². The number of nitrogens with zero attached hydrogens (tertiary/aromatic N) is 1. The molecule has 0 atom stereocenters. The van der Waals surface area contributed by atoms with E-state index in [1.165, 1.54) is 10.6 Å². The maximum Gasteiger partial charge on any atom is 0.422 e. The lowest BCUT2D eigenvalue weighted by Gasteiger charge is -2.10. The smallest absolute Gasteiger partial charge is 0.372 e. The topological polar surface area (TPSA) is 52.2 Å². The van der Waals surface area contributed by atoms with Gasteiger partial charge in [0.05, 0.1) is 21.9 Å². The Kier molecular flexibility index (Phi) is 3.47. The van der Waals surface area contributed by atoms with Gasteiger partial charge in [-0.1, -0.05) is 24.3 Å². The van der Waals surface area contributed by atoms with Crippen LogP contribution in [0.4, 0.5) is 4.39 Å².